The van der Waals surface area contributed by atoms with E-state index in [1.54, 1.807) is 0 Å². The first-order valence-electron chi connectivity index (χ1n) is 7.80. The molecule has 0 spiro atoms. The molecule has 1 fully saturated rings. The van der Waals surface area contributed by atoms with Gasteiger partial charge in [-0.1, -0.05) is 47.8 Å². The molecule has 0 amide bonds. The van der Waals surface area contributed by atoms with Gasteiger partial charge in [-0.25, -0.2) is 0 Å². The smallest absolute Gasteiger partial charge is 0.0231 e. The lowest BCUT2D eigenvalue weighted by Crippen LogP contribution is -2.38. The molecule has 1 aliphatic carbocycles. The molecular formula is C17H27BrN2. The van der Waals surface area contributed by atoms with Gasteiger partial charge in [0.15, 0.2) is 0 Å². The van der Waals surface area contributed by atoms with Gasteiger partial charge in [-0.2, -0.15) is 0 Å². The molecule has 1 aromatic rings. The minimum absolute atomic E-state index is 0.750. The summed E-state index contributed by atoms with van der Waals surface area (Å²) < 4.78 is 1.15. The van der Waals surface area contributed by atoms with Crippen LogP contribution in [0.5, 0.6) is 0 Å². The van der Waals surface area contributed by atoms with Crippen molar-refractivity contribution >= 4 is 15.9 Å². The molecule has 0 aliphatic heterocycles. The van der Waals surface area contributed by atoms with Gasteiger partial charge in [0.1, 0.15) is 0 Å². The SMILES string of the molecule is CC1CCCC(NCCN(C)Cc2ccc(Br)cc2)C1. The normalized spacial score (nSPS) is 23.2. The predicted octanol–water partition coefficient (Wildman–Crippen LogP) is 4.05. The number of hydrogen-bond acceptors (Lipinski definition) is 2. The van der Waals surface area contributed by atoms with Gasteiger partial charge in [-0.15, -0.1) is 0 Å². The Morgan fingerprint density at radius 1 is 1.25 bits per heavy atom. The molecule has 0 bridgehead atoms. The predicted molar refractivity (Wildman–Crippen MR) is 89.9 cm³/mol. The van der Waals surface area contributed by atoms with Crippen molar-refractivity contribution in [2.75, 3.05) is 20.1 Å². The van der Waals surface area contributed by atoms with E-state index in [2.05, 4.69) is 64.4 Å². The first-order chi connectivity index (χ1) is 9.63. The van der Waals surface area contributed by atoms with Crippen LogP contribution in [-0.2, 0) is 6.54 Å². The van der Waals surface area contributed by atoms with E-state index >= 15 is 0 Å². The van der Waals surface area contributed by atoms with E-state index in [4.69, 9.17) is 0 Å². The summed E-state index contributed by atoms with van der Waals surface area (Å²) in [5.74, 6) is 0.904. The number of hydrogen-bond donors (Lipinski definition) is 1. The summed E-state index contributed by atoms with van der Waals surface area (Å²) in [6, 6.07) is 9.36. The van der Waals surface area contributed by atoms with E-state index in [-0.39, 0.29) is 0 Å². The summed E-state index contributed by atoms with van der Waals surface area (Å²) >= 11 is 3.48. The third-order valence-corrected chi connectivity index (χ3v) is 4.76. The number of benzene rings is 1. The Labute approximate surface area is 132 Å². The summed E-state index contributed by atoms with van der Waals surface area (Å²) in [7, 11) is 2.20. The molecule has 1 saturated carbocycles. The quantitative estimate of drug-likeness (QED) is 0.841. The summed E-state index contributed by atoms with van der Waals surface area (Å²) in [5.41, 5.74) is 1.38. The Bertz CT molecular complexity index is 390. The molecule has 1 aliphatic rings. The highest BCUT2D eigenvalue weighted by molar-refractivity contribution is 9.10. The van der Waals surface area contributed by atoms with Crippen molar-refractivity contribution in [2.24, 2.45) is 5.92 Å². The van der Waals surface area contributed by atoms with Gasteiger partial charge in [0.25, 0.3) is 0 Å². The van der Waals surface area contributed by atoms with Crippen LogP contribution in [0.1, 0.15) is 38.2 Å². The van der Waals surface area contributed by atoms with Gasteiger partial charge in [-0.05, 0) is 43.5 Å². The highest BCUT2D eigenvalue weighted by Crippen LogP contribution is 2.23. The Morgan fingerprint density at radius 2 is 2.00 bits per heavy atom. The second-order valence-electron chi connectivity index (χ2n) is 6.29. The molecule has 0 heterocycles. The van der Waals surface area contributed by atoms with E-state index in [0.29, 0.717) is 0 Å². The van der Waals surface area contributed by atoms with Crippen LogP contribution in [0.2, 0.25) is 0 Å². The third kappa shape index (κ3) is 5.55. The van der Waals surface area contributed by atoms with E-state index in [9.17, 15) is 0 Å². The topological polar surface area (TPSA) is 15.3 Å². The maximum absolute atomic E-state index is 3.73. The lowest BCUT2D eigenvalue weighted by molar-refractivity contribution is 0.274. The highest BCUT2D eigenvalue weighted by Gasteiger charge is 2.17. The van der Waals surface area contributed by atoms with Crippen molar-refractivity contribution in [1.29, 1.82) is 0 Å². The third-order valence-electron chi connectivity index (χ3n) is 4.23. The van der Waals surface area contributed by atoms with Crippen LogP contribution in [0.4, 0.5) is 0 Å². The highest BCUT2D eigenvalue weighted by atomic mass is 79.9. The zero-order valence-corrected chi connectivity index (χ0v) is 14.3. The van der Waals surface area contributed by atoms with Crippen LogP contribution in [0, 0.1) is 5.92 Å². The molecule has 0 radical (unpaired) electrons. The minimum Gasteiger partial charge on any atom is -0.313 e. The van der Waals surface area contributed by atoms with Crippen molar-refractivity contribution in [3.8, 4) is 0 Å². The van der Waals surface area contributed by atoms with Crippen molar-refractivity contribution in [1.82, 2.24) is 10.2 Å². The van der Waals surface area contributed by atoms with Crippen molar-refractivity contribution in [2.45, 2.75) is 45.2 Å². The second kappa shape index (κ2) is 8.16. The monoisotopic (exact) mass is 338 g/mol. The lowest BCUT2D eigenvalue weighted by Gasteiger charge is -2.28. The molecular weight excluding hydrogens is 312 g/mol. The summed E-state index contributed by atoms with van der Waals surface area (Å²) in [6.07, 6.45) is 5.53. The molecule has 20 heavy (non-hydrogen) atoms. The molecule has 3 heteroatoms. The maximum atomic E-state index is 3.73. The largest absolute Gasteiger partial charge is 0.313 e. The zero-order chi connectivity index (χ0) is 14.4. The van der Waals surface area contributed by atoms with Crippen LogP contribution in [0.25, 0.3) is 0 Å². The summed E-state index contributed by atoms with van der Waals surface area (Å²) in [6.45, 7) is 5.62. The van der Waals surface area contributed by atoms with Crippen molar-refractivity contribution in [3.05, 3.63) is 34.3 Å². The van der Waals surface area contributed by atoms with E-state index in [1.165, 1.54) is 31.2 Å². The Hall–Kier alpha value is -0.380. The number of nitrogens with zero attached hydrogens (tertiary/aromatic N) is 1. The van der Waals surface area contributed by atoms with Crippen LogP contribution >= 0.6 is 15.9 Å². The minimum atomic E-state index is 0.750. The zero-order valence-electron chi connectivity index (χ0n) is 12.7. The second-order valence-corrected chi connectivity index (χ2v) is 7.20. The average molecular weight is 339 g/mol. The van der Waals surface area contributed by atoms with E-state index in [1.807, 2.05) is 0 Å². The van der Waals surface area contributed by atoms with Gasteiger partial charge in [0, 0.05) is 30.1 Å². The molecule has 2 unspecified atom stereocenters. The maximum Gasteiger partial charge on any atom is 0.0231 e. The Kier molecular flexibility index (Phi) is 6.53. The van der Waals surface area contributed by atoms with Crippen LogP contribution < -0.4 is 5.32 Å². The van der Waals surface area contributed by atoms with Crippen LogP contribution in [0.3, 0.4) is 0 Å². The molecule has 2 nitrogen and oxygen atoms in total. The standard InChI is InChI=1S/C17H27BrN2/c1-14-4-3-5-17(12-14)19-10-11-20(2)13-15-6-8-16(18)9-7-15/h6-9,14,17,19H,3-5,10-13H2,1-2H3. The molecule has 1 aromatic carbocycles. The molecule has 0 aromatic heterocycles. The first kappa shape index (κ1) is 16.0. The fourth-order valence-corrected chi connectivity index (χ4v) is 3.32. The van der Waals surface area contributed by atoms with Crippen LogP contribution in [-0.4, -0.2) is 31.1 Å². The number of rotatable bonds is 6. The van der Waals surface area contributed by atoms with E-state index in [0.717, 1.165) is 36.1 Å². The average Bonchev–Trinajstić information content (AvgIpc) is 2.41. The molecule has 2 rings (SSSR count). The summed E-state index contributed by atoms with van der Waals surface area (Å²) in [5, 5.41) is 3.73. The fraction of sp³-hybridized carbons (Fsp3) is 0.647. The summed E-state index contributed by atoms with van der Waals surface area (Å²) in [4.78, 5) is 2.39. The first-order valence-corrected chi connectivity index (χ1v) is 8.59. The van der Waals surface area contributed by atoms with Crippen LogP contribution in [0.15, 0.2) is 28.7 Å². The Balaban J connectivity index is 1.64. The number of likely N-dealkylation sites (N-methyl/N-ethyl adjacent to an activating group) is 1. The molecule has 0 saturated heterocycles. The van der Waals surface area contributed by atoms with Gasteiger partial charge in [-0.3, -0.25) is 0 Å². The molecule has 112 valence electrons. The fourth-order valence-electron chi connectivity index (χ4n) is 3.06. The van der Waals surface area contributed by atoms with Gasteiger partial charge >= 0.3 is 0 Å². The lowest BCUT2D eigenvalue weighted by atomic mass is 9.87. The van der Waals surface area contributed by atoms with Gasteiger partial charge in [0.05, 0.1) is 0 Å². The van der Waals surface area contributed by atoms with Gasteiger partial charge < -0.3 is 10.2 Å². The number of halogens is 1. The Morgan fingerprint density at radius 3 is 2.70 bits per heavy atom. The molecule has 1 N–H and O–H groups in total. The van der Waals surface area contributed by atoms with Gasteiger partial charge in [0.2, 0.25) is 0 Å². The van der Waals surface area contributed by atoms with E-state index < -0.39 is 0 Å². The van der Waals surface area contributed by atoms with Crippen molar-refractivity contribution in [3.63, 3.8) is 0 Å². The van der Waals surface area contributed by atoms with Crippen molar-refractivity contribution < 1.29 is 0 Å². The number of nitrogens with one attached hydrogen (secondary N) is 1. The molecule has 2 atom stereocenters.